The summed E-state index contributed by atoms with van der Waals surface area (Å²) in [7, 11) is 0. The van der Waals surface area contributed by atoms with E-state index >= 15 is 0 Å². The molecule has 5 nitrogen and oxygen atoms in total. The fourth-order valence-corrected chi connectivity index (χ4v) is 2.37. The summed E-state index contributed by atoms with van der Waals surface area (Å²) in [4.78, 5) is 3.20. The third-order valence-electron chi connectivity index (χ3n) is 3.38. The Morgan fingerprint density at radius 1 is 0.952 bits per heavy atom. The number of nitrogens with one attached hydrogen (secondary N) is 1. The van der Waals surface area contributed by atoms with Gasteiger partial charge in [0, 0.05) is 28.4 Å². The number of H-pyrrole nitrogens is 1. The number of fused-ring (bicyclic) bond motifs is 1. The summed E-state index contributed by atoms with van der Waals surface area (Å²) >= 11 is 0. The Morgan fingerprint density at radius 2 is 1.81 bits per heavy atom. The normalized spacial score (nSPS) is 11.0. The van der Waals surface area contributed by atoms with E-state index in [1.807, 2.05) is 54.7 Å². The smallest absolute Gasteiger partial charge is 0.250 e. The van der Waals surface area contributed by atoms with Crippen molar-refractivity contribution in [3.05, 3.63) is 54.7 Å². The molecule has 3 N–H and O–H groups in total. The summed E-state index contributed by atoms with van der Waals surface area (Å²) in [6, 6.07) is 15.4. The number of aromatic nitrogens is 3. The lowest BCUT2D eigenvalue weighted by Gasteiger charge is -1.96. The lowest BCUT2D eigenvalue weighted by atomic mass is 10.2. The fraction of sp³-hybridized carbons (Fsp3) is 0. The monoisotopic (exact) mass is 276 g/mol. The van der Waals surface area contributed by atoms with E-state index in [0.29, 0.717) is 17.5 Å². The van der Waals surface area contributed by atoms with Gasteiger partial charge in [0.1, 0.15) is 0 Å². The van der Waals surface area contributed by atoms with Gasteiger partial charge in [0.05, 0.1) is 5.56 Å². The Kier molecular flexibility index (Phi) is 2.50. The summed E-state index contributed by atoms with van der Waals surface area (Å²) in [6.45, 7) is 0. The molecule has 0 amide bonds. The SMILES string of the molecule is Nc1cccc(-c2nnc(-c3c[nH]c4ccccc34)o2)c1. The van der Waals surface area contributed by atoms with Crippen LogP contribution < -0.4 is 5.73 Å². The van der Waals surface area contributed by atoms with Crippen LogP contribution >= 0.6 is 0 Å². The summed E-state index contributed by atoms with van der Waals surface area (Å²) in [5.41, 5.74) is 9.19. The van der Waals surface area contributed by atoms with Crippen LogP contribution in [0.2, 0.25) is 0 Å². The van der Waals surface area contributed by atoms with E-state index in [1.54, 1.807) is 0 Å². The fourth-order valence-electron chi connectivity index (χ4n) is 2.37. The van der Waals surface area contributed by atoms with E-state index in [-0.39, 0.29) is 0 Å². The predicted molar refractivity (Wildman–Crippen MR) is 81.4 cm³/mol. The first-order chi connectivity index (χ1) is 10.3. The molecule has 0 spiro atoms. The lowest BCUT2D eigenvalue weighted by molar-refractivity contribution is 0.585. The molecule has 0 fully saturated rings. The molecular weight excluding hydrogens is 264 g/mol. The number of rotatable bonds is 2. The van der Waals surface area contributed by atoms with E-state index in [0.717, 1.165) is 22.0 Å². The molecule has 4 aromatic rings. The summed E-state index contributed by atoms with van der Waals surface area (Å²) in [6.07, 6.45) is 1.88. The van der Waals surface area contributed by atoms with Crippen molar-refractivity contribution in [1.82, 2.24) is 15.2 Å². The molecule has 0 aliphatic carbocycles. The molecule has 0 bridgehead atoms. The zero-order valence-corrected chi connectivity index (χ0v) is 11.1. The van der Waals surface area contributed by atoms with Gasteiger partial charge in [-0.05, 0) is 24.3 Å². The van der Waals surface area contributed by atoms with Crippen molar-refractivity contribution >= 4 is 16.6 Å². The van der Waals surface area contributed by atoms with Crippen molar-refractivity contribution in [3.8, 4) is 22.9 Å². The van der Waals surface area contributed by atoms with Crippen molar-refractivity contribution in [2.75, 3.05) is 5.73 Å². The molecule has 0 aliphatic rings. The Balaban J connectivity index is 1.81. The van der Waals surface area contributed by atoms with Gasteiger partial charge in [0.2, 0.25) is 11.8 Å². The molecule has 0 radical (unpaired) electrons. The third kappa shape index (κ3) is 1.95. The van der Waals surface area contributed by atoms with Crippen LogP contribution in [0.5, 0.6) is 0 Å². The number of nitrogens with two attached hydrogens (primary N) is 1. The van der Waals surface area contributed by atoms with E-state index in [4.69, 9.17) is 10.2 Å². The summed E-state index contributed by atoms with van der Waals surface area (Å²) in [5.74, 6) is 0.951. The average Bonchev–Trinajstić information content (AvgIpc) is 3.14. The molecule has 2 aromatic carbocycles. The second kappa shape index (κ2) is 4.49. The van der Waals surface area contributed by atoms with Gasteiger partial charge in [0.15, 0.2) is 0 Å². The highest BCUT2D eigenvalue weighted by molar-refractivity contribution is 5.93. The largest absolute Gasteiger partial charge is 0.416 e. The second-order valence-corrected chi connectivity index (χ2v) is 4.79. The van der Waals surface area contributed by atoms with Gasteiger partial charge in [-0.2, -0.15) is 0 Å². The van der Waals surface area contributed by atoms with Crippen molar-refractivity contribution in [3.63, 3.8) is 0 Å². The zero-order chi connectivity index (χ0) is 14.2. The first-order valence-electron chi connectivity index (χ1n) is 6.57. The first-order valence-corrected chi connectivity index (χ1v) is 6.57. The van der Waals surface area contributed by atoms with E-state index in [2.05, 4.69) is 15.2 Å². The maximum Gasteiger partial charge on any atom is 0.250 e. The molecule has 2 aromatic heterocycles. The van der Waals surface area contributed by atoms with Crippen molar-refractivity contribution < 1.29 is 4.42 Å². The number of nitrogens with zero attached hydrogens (tertiary/aromatic N) is 2. The standard InChI is InChI=1S/C16H12N4O/c17-11-5-3-4-10(8-11)15-19-20-16(21-15)13-9-18-14-7-2-1-6-12(13)14/h1-9,18H,17H2. The molecule has 4 rings (SSSR count). The number of hydrogen-bond acceptors (Lipinski definition) is 4. The minimum atomic E-state index is 0.461. The molecule has 0 unspecified atom stereocenters. The van der Waals surface area contributed by atoms with Crippen LogP contribution in [0, 0.1) is 0 Å². The van der Waals surface area contributed by atoms with Crippen LogP contribution in [0.4, 0.5) is 5.69 Å². The van der Waals surface area contributed by atoms with Crippen molar-refractivity contribution in [2.24, 2.45) is 0 Å². The third-order valence-corrected chi connectivity index (χ3v) is 3.38. The minimum Gasteiger partial charge on any atom is -0.416 e. The maximum absolute atomic E-state index is 5.78. The van der Waals surface area contributed by atoms with Gasteiger partial charge < -0.3 is 15.1 Å². The highest BCUT2D eigenvalue weighted by Gasteiger charge is 2.14. The minimum absolute atomic E-state index is 0.461. The van der Waals surface area contributed by atoms with Crippen LogP contribution in [-0.2, 0) is 0 Å². The number of nitrogen functional groups attached to an aromatic ring is 1. The first kappa shape index (κ1) is 11.7. The average molecular weight is 276 g/mol. The highest BCUT2D eigenvalue weighted by Crippen LogP contribution is 2.29. The Bertz CT molecular complexity index is 923. The van der Waals surface area contributed by atoms with Gasteiger partial charge in [-0.25, -0.2) is 0 Å². The molecule has 102 valence electrons. The number of aromatic amines is 1. The molecule has 0 atom stereocenters. The van der Waals surface area contributed by atoms with Crippen LogP contribution in [-0.4, -0.2) is 15.2 Å². The Morgan fingerprint density at radius 3 is 2.71 bits per heavy atom. The maximum atomic E-state index is 5.78. The zero-order valence-electron chi connectivity index (χ0n) is 11.1. The summed E-state index contributed by atoms with van der Waals surface area (Å²) < 4.78 is 5.78. The van der Waals surface area contributed by atoms with Crippen LogP contribution in [0.15, 0.2) is 59.1 Å². The molecule has 5 heteroatoms. The van der Waals surface area contributed by atoms with Crippen molar-refractivity contribution in [1.29, 1.82) is 0 Å². The Hall–Kier alpha value is -3.08. The Labute approximate surface area is 120 Å². The van der Waals surface area contributed by atoms with E-state index in [9.17, 15) is 0 Å². The molecule has 21 heavy (non-hydrogen) atoms. The second-order valence-electron chi connectivity index (χ2n) is 4.79. The van der Waals surface area contributed by atoms with Crippen LogP contribution in [0.1, 0.15) is 0 Å². The molecule has 2 heterocycles. The van der Waals surface area contributed by atoms with E-state index in [1.165, 1.54) is 0 Å². The lowest BCUT2D eigenvalue weighted by Crippen LogP contribution is -1.84. The predicted octanol–water partition coefficient (Wildman–Crippen LogP) is 3.47. The number of anilines is 1. The van der Waals surface area contributed by atoms with Gasteiger partial charge in [-0.1, -0.05) is 24.3 Å². The van der Waals surface area contributed by atoms with Gasteiger partial charge in [-0.15, -0.1) is 10.2 Å². The van der Waals surface area contributed by atoms with Gasteiger partial charge in [0.25, 0.3) is 0 Å². The van der Waals surface area contributed by atoms with Crippen molar-refractivity contribution in [2.45, 2.75) is 0 Å². The molecular formula is C16H12N4O. The van der Waals surface area contributed by atoms with Crippen LogP contribution in [0.3, 0.4) is 0 Å². The quantitative estimate of drug-likeness (QED) is 0.549. The van der Waals surface area contributed by atoms with E-state index < -0.39 is 0 Å². The highest BCUT2D eigenvalue weighted by atomic mass is 16.4. The number of para-hydroxylation sites is 1. The molecule has 0 saturated heterocycles. The van der Waals surface area contributed by atoms with Crippen LogP contribution in [0.25, 0.3) is 33.8 Å². The number of benzene rings is 2. The van der Waals surface area contributed by atoms with Gasteiger partial charge >= 0.3 is 0 Å². The molecule has 0 saturated carbocycles. The molecule has 0 aliphatic heterocycles. The topological polar surface area (TPSA) is 80.7 Å². The summed E-state index contributed by atoms with van der Waals surface area (Å²) in [5, 5.41) is 9.30. The number of hydrogen-bond donors (Lipinski definition) is 2. The van der Waals surface area contributed by atoms with Gasteiger partial charge in [-0.3, -0.25) is 0 Å².